The smallest absolute Gasteiger partial charge is 0.358 e. The van der Waals surface area contributed by atoms with Crippen molar-refractivity contribution in [3.8, 4) is 11.1 Å². The molecule has 0 spiro atoms. The average molecular weight is 371 g/mol. The number of hydrogen-bond donors (Lipinski definition) is 1. The molecule has 3 rings (SSSR count). The van der Waals surface area contributed by atoms with E-state index in [0.29, 0.717) is 11.1 Å². The van der Waals surface area contributed by atoms with E-state index in [0.717, 1.165) is 10.0 Å². The van der Waals surface area contributed by atoms with Crippen LogP contribution < -0.4 is 0 Å². The van der Waals surface area contributed by atoms with Gasteiger partial charge in [0, 0.05) is 10.7 Å². The maximum atomic E-state index is 11.3. The number of benzene rings is 2. The van der Waals surface area contributed by atoms with Gasteiger partial charge in [-0.05, 0) is 23.3 Å². The summed E-state index contributed by atoms with van der Waals surface area (Å²) in [5.74, 6) is -0.991. The first-order chi connectivity index (χ1) is 11.1. The molecule has 0 aliphatic carbocycles. The van der Waals surface area contributed by atoms with Crippen LogP contribution >= 0.6 is 15.9 Å². The average Bonchev–Trinajstić information content (AvgIpc) is 2.99. The van der Waals surface area contributed by atoms with E-state index in [1.54, 1.807) is 18.3 Å². The lowest BCUT2D eigenvalue weighted by Gasteiger charge is -1.99. The first kappa shape index (κ1) is 15.2. The van der Waals surface area contributed by atoms with Crippen molar-refractivity contribution < 1.29 is 14.4 Å². The van der Waals surface area contributed by atoms with Gasteiger partial charge in [-0.3, -0.25) is 0 Å². The van der Waals surface area contributed by atoms with Gasteiger partial charge in [0.2, 0.25) is 5.69 Å². The van der Waals surface area contributed by atoms with Crippen LogP contribution in [0.5, 0.6) is 0 Å². The predicted octanol–water partition coefficient (Wildman–Crippen LogP) is 4.55. The second-order valence-corrected chi connectivity index (χ2v) is 5.61. The first-order valence-electron chi connectivity index (χ1n) is 6.73. The molecular formula is C17H11BrN2O3. The number of aromatic nitrogens is 1. The van der Waals surface area contributed by atoms with E-state index in [2.05, 4.69) is 26.1 Å². The molecule has 6 heteroatoms. The van der Waals surface area contributed by atoms with Crippen LogP contribution in [0.3, 0.4) is 0 Å². The van der Waals surface area contributed by atoms with Gasteiger partial charge < -0.3 is 9.63 Å². The highest BCUT2D eigenvalue weighted by Gasteiger charge is 2.22. The minimum Gasteiger partial charge on any atom is -0.476 e. The minimum absolute atomic E-state index is 0.154. The van der Waals surface area contributed by atoms with Crippen molar-refractivity contribution in [3.63, 3.8) is 0 Å². The number of carbonyl (C=O) groups is 1. The molecule has 2 aromatic carbocycles. The zero-order chi connectivity index (χ0) is 16.2. The summed E-state index contributed by atoms with van der Waals surface area (Å²) < 4.78 is 6.08. The van der Waals surface area contributed by atoms with Crippen LogP contribution in [-0.4, -0.2) is 22.4 Å². The molecular weight excluding hydrogens is 360 g/mol. The Morgan fingerprint density at radius 3 is 2.48 bits per heavy atom. The number of halogens is 1. The Hall–Kier alpha value is -2.73. The van der Waals surface area contributed by atoms with Gasteiger partial charge in [0.1, 0.15) is 0 Å². The third-order valence-electron chi connectivity index (χ3n) is 3.14. The standard InChI is InChI=1S/C17H11BrN2O3/c18-13-8-6-11(7-9-13)10-19-16-14(12-4-2-1-3-5-12)15(17(21)22)20-23-16/h1-10H,(H,21,22)/b19-10+. The largest absolute Gasteiger partial charge is 0.476 e. The molecule has 0 fully saturated rings. The molecule has 1 aromatic heterocycles. The highest BCUT2D eigenvalue weighted by Crippen LogP contribution is 2.33. The number of rotatable bonds is 4. The lowest BCUT2D eigenvalue weighted by atomic mass is 10.1. The van der Waals surface area contributed by atoms with Crippen molar-refractivity contribution in [1.29, 1.82) is 0 Å². The minimum atomic E-state index is -1.15. The second-order valence-electron chi connectivity index (χ2n) is 4.69. The summed E-state index contributed by atoms with van der Waals surface area (Å²) in [6.07, 6.45) is 1.60. The normalized spacial score (nSPS) is 11.0. The van der Waals surface area contributed by atoms with Gasteiger partial charge in [-0.15, -0.1) is 0 Å². The Labute approximate surface area is 140 Å². The molecule has 0 unspecified atom stereocenters. The summed E-state index contributed by atoms with van der Waals surface area (Å²) in [4.78, 5) is 15.6. The summed E-state index contributed by atoms with van der Waals surface area (Å²) in [5, 5.41) is 12.9. The van der Waals surface area contributed by atoms with Crippen molar-refractivity contribution in [2.24, 2.45) is 4.99 Å². The third kappa shape index (κ3) is 3.37. The van der Waals surface area contributed by atoms with E-state index in [4.69, 9.17) is 4.52 Å². The van der Waals surface area contributed by atoms with Gasteiger partial charge in [0.05, 0.1) is 5.56 Å². The molecule has 23 heavy (non-hydrogen) atoms. The molecule has 0 amide bonds. The van der Waals surface area contributed by atoms with E-state index in [-0.39, 0.29) is 11.6 Å². The maximum Gasteiger partial charge on any atom is 0.358 e. The molecule has 1 heterocycles. The van der Waals surface area contributed by atoms with E-state index in [9.17, 15) is 9.90 Å². The highest BCUT2D eigenvalue weighted by atomic mass is 79.9. The Bertz CT molecular complexity index is 855. The second kappa shape index (κ2) is 6.58. The molecule has 0 bridgehead atoms. The van der Waals surface area contributed by atoms with Crippen LogP contribution in [0.1, 0.15) is 16.1 Å². The molecule has 3 aromatic rings. The van der Waals surface area contributed by atoms with Crippen LogP contribution in [0.25, 0.3) is 11.1 Å². The van der Waals surface area contributed by atoms with Crippen molar-refractivity contribution in [2.45, 2.75) is 0 Å². The van der Waals surface area contributed by atoms with E-state index < -0.39 is 5.97 Å². The molecule has 1 N–H and O–H groups in total. The van der Waals surface area contributed by atoms with Crippen LogP contribution in [0.4, 0.5) is 5.88 Å². The third-order valence-corrected chi connectivity index (χ3v) is 3.67. The van der Waals surface area contributed by atoms with Gasteiger partial charge in [0.15, 0.2) is 0 Å². The molecule has 114 valence electrons. The van der Waals surface area contributed by atoms with Crippen LogP contribution in [0.15, 0.2) is 68.6 Å². The monoisotopic (exact) mass is 370 g/mol. The first-order valence-corrected chi connectivity index (χ1v) is 7.52. The van der Waals surface area contributed by atoms with Crippen molar-refractivity contribution >= 4 is 34.0 Å². The Balaban J connectivity index is 2.03. The number of aromatic carboxylic acids is 1. The predicted molar refractivity (Wildman–Crippen MR) is 90.3 cm³/mol. The number of nitrogens with zero attached hydrogens (tertiary/aromatic N) is 2. The van der Waals surface area contributed by atoms with Crippen molar-refractivity contribution in [1.82, 2.24) is 5.16 Å². The Morgan fingerprint density at radius 2 is 1.83 bits per heavy atom. The SMILES string of the molecule is O=C(O)c1noc(/N=C/c2ccc(Br)cc2)c1-c1ccccc1. The summed E-state index contributed by atoms with van der Waals surface area (Å²) in [6, 6.07) is 16.6. The lowest BCUT2D eigenvalue weighted by Crippen LogP contribution is -1.98. The highest BCUT2D eigenvalue weighted by molar-refractivity contribution is 9.10. The maximum absolute atomic E-state index is 11.3. The van der Waals surface area contributed by atoms with E-state index in [1.807, 2.05) is 42.5 Å². The number of hydrogen-bond acceptors (Lipinski definition) is 4. The Morgan fingerprint density at radius 1 is 1.13 bits per heavy atom. The molecule has 0 atom stereocenters. The summed E-state index contributed by atoms with van der Waals surface area (Å²) in [6.45, 7) is 0. The fourth-order valence-electron chi connectivity index (χ4n) is 2.06. The lowest BCUT2D eigenvalue weighted by molar-refractivity contribution is 0.0686. The summed E-state index contributed by atoms with van der Waals surface area (Å²) >= 11 is 3.36. The number of aliphatic imine (C=N–C) groups is 1. The zero-order valence-electron chi connectivity index (χ0n) is 11.8. The number of carboxylic acids is 1. The fourth-order valence-corrected chi connectivity index (χ4v) is 2.33. The molecule has 0 radical (unpaired) electrons. The molecule has 0 aliphatic heterocycles. The summed E-state index contributed by atoms with van der Waals surface area (Å²) in [7, 11) is 0. The van der Waals surface area contributed by atoms with Crippen LogP contribution in [0, 0.1) is 0 Å². The molecule has 0 saturated carbocycles. The fraction of sp³-hybridized carbons (Fsp3) is 0. The van der Waals surface area contributed by atoms with Gasteiger partial charge in [0.25, 0.3) is 5.88 Å². The quantitative estimate of drug-likeness (QED) is 0.683. The van der Waals surface area contributed by atoms with Gasteiger partial charge in [-0.1, -0.05) is 63.6 Å². The zero-order valence-corrected chi connectivity index (χ0v) is 13.4. The molecule has 0 aliphatic rings. The van der Waals surface area contributed by atoms with E-state index in [1.165, 1.54) is 0 Å². The molecule has 0 saturated heterocycles. The van der Waals surface area contributed by atoms with Crippen molar-refractivity contribution in [3.05, 3.63) is 70.3 Å². The van der Waals surface area contributed by atoms with Crippen molar-refractivity contribution in [2.75, 3.05) is 0 Å². The van der Waals surface area contributed by atoms with Gasteiger partial charge in [-0.25, -0.2) is 9.79 Å². The van der Waals surface area contributed by atoms with E-state index >= 15 is 0 Å². The Kier molecular flexibility index (Phi) is 4.34. The van der Waals surface area contributed by atoms with Gasteiger partial charge in [-0.2, -0.15) is 0 Å². The number of carboxylic acid groups (broad SMARTS) is 1. The summed E-state index contributed by atoms with van der Waals surface area (Å²) in [5.41, 5.74) is 1.76. The topological polar surface area (TPSA) is 75.7 Å². The van der Waals surface area contributed by atoms with Crippen LogP contribution in [-0.2, 0) is 0 Å². The van der Waals surface area contributed by atoms with Gasteiger partial charge >= 0.3 is 5.97 Å². The van der Waals surface area contributed by atoms with Crippen LogP contribution in [0.2, 0.25) is 0 Å². The molecule has 5 nitrogen and oxygen atoms in total.